The van der Waals surface area contributed by atoms with Crippen LogP contribution in [0.1, 0.15) is 104 Å². The molecule has 0 aromatic rings. The zero-order chi connectivity index (χ0) is 23.5. The van der Waals surface area contributed by atoms with E-state index in [-0.39, 0.29) is 12.2 Å². The minimum atomic E-state index is -0.270. The second kappa shape index (κ2) is 27.0. The third kappa shape index (κ3) is 26.0. The molecule has 0 aliphatic heterocycles. The van der Waals surface area contributed by atoms with Gasteiger partial charge in [-0.2, -0.15) is 0 Å². The summed E-state index contributed by atoms with van der Waals surface area (Å²) in [6, 6.07) is 0. The molecule has 0 radical (unpaired) electrons. The molecule has 2 atom stereocenters. The van der Waals surface area contributed by atoms with Crippen LogP contribution in [0.2, 0.25) is 0 Å². The van der Waals surface area contributed by atoms with E-state index in [9.17, 15) is 10.2 Å². The van der Waals surface area contributed by atoms with Crippen molar-refractivity contribution in [2.24, 2.45) is 0 Å². The Labute approximate surface area is 199 Å². The van der Waals surface area contributed by atoms with Gasteiger partial charge in [-0.05, 0) is 12.8 Å². The SMILES string of the molecule is CCCCCCCCCCCCCCC(O)CNCCOCCOCCNCC(O)CC. The van der Waals surface area contributed by atoms with Crippen LogP contribution >= 0.6 is 0 Å². The van der Waals surface area contributed by atoms with Gasteiger partial charge in [0.2, 0.25) is 0 Å². The molecule has 0 spiro atoms. The van der Waals surface area contributed by atoms with Crippen LogP contribution in [0.5, 0.6) is 0 Å². The molecule has 32 heavy (non-hydrogen) atoms. The minimum Gasteiger partial charge on any atom is -0.392 e. The van der Waals surface area contributed by atoms with Crippen molar-refractivity contribution in [1.29, 1.82) is 0 Å². The van der Waals surface area contributed by atoms with Crippen molar-refractivity contribution in [3.63, 3.8) is 0 Å². The highest BCUT2D eigenvalue weighted by molar-refractivity contribution is 4.60. The first kappa shape index (κ1) is 31.8. The maximum absolute atomic E-state index is 10.1. The molecule has 194 valence electrons. The van der Waals surface area contributed by atoms with E-state index in [1.165, 1.54) is 70.6 Å². The summed E-state index contributed by atoms with van der Waals surface area (Å²) >= 11 is 0. The number of hydrogen-bond acceptors (Lipinski definition) is 6. The molecule has 0 amide bonds. The van der Waals surface area contributed by atoms with Crippen LogP contribution in [0, 0.1) is 0 Å². The number of rotatable bonds is 27. The van der Waals surface area contributed by atoms with Crippen molar-refractivity contribution in [2.75, 3.05) is 52.6 Å². The summed E-state index contributed by atoms with van der Waals surface area (Å²) in [5, 5.41) is 25.9. The lowest BCUT2D eigenvalue weighted by molar-refractivity contribution is 0.0479. The van der Waals surface area contributed by atoms with Crippen molar-refractivity contribution in [3.8, 4) is 0 Å². The molecule has 0 aliphatic rings. The van der Waals surface area contributed by atoms with Gasteiger partial charge in [0.05, 0.1) is 38.6 Å². The van der Waals surface area contributed by atoms with Crippen molar-refractivity contribution >= 4 is 0 Å². The second-order valence-electron chi connectivity index (χ2n) is 9.03. The van der Waals surface area contributed by atoms with Gasteiger partial charge in [0.15, 0.2) is 0 Å². The molecular formula is C26H56N2O4. The Hall–Kier alpha value is -0.240. The lowest BCUT2D eigenvalue weighted by Gasteiger charge is -2.12. The summed E-state index contributed by atoms with van der Waals surface area (Å²) in [5.74, 6) is 0. The van der Waals surface area contributed by atoms with E-state index < -0.39 is 0 Å². The number of aliphatic hydroxyl groups is 2. The van der Waals surface area contributed by atoms with E-state index in [4.69, 9.17) is 9.47 Å². The summed E-state index contributed by atoms with van der Waals surface area (Å²) in [4.78, 5) is 0. The molecule has 0 rings (SSSR count). The van der Waals surface area contributed by atoms with E-state index >= 15 is 0 Å². The summed E-state index contributed by atoms with van der Waals surface area (Å²) in [6.45, 7) is 9.44. The molecule has 0 saturated carbocycles. The van der Waals surface area contributed by atoms with Gasteiger partial charge in [0, 0.05) is 26.2 Å². The Bertz CT molecular complexity index is 348. The number of aliphatic hydroxyl groups excluding tert-OH is 2. The minimum absolute atomic E-state index is 0.250. The second-order valence-corrected chi connectivity index (χ2v) is 9.03. The van der Waals surface area contributed by atoms with Gasteiger partial charge in [-0.25, -0.2) is 0 Å². The molecule has 0 bridgehead atoms. The van der Waals surface area contributed by atoms with Gasteiger partial charge < -0.3 is 30.3 Å². The van der Waals surface area contributed by atoms with Crippen molar-refractivity contribution < 1.29 is 19.7 Å². The Balaban J connectivity index is 3.16. The van der Waals surface area contributed by atoms with Gasteiger partial charge in [0.1, 0.15) is 0 Å². The monoisotopic (exact) mass is 460 g/mol. The molecule has 6 heteroatoms. The molecule has 2 unspecified atom stereocenters. The Morgan fingerprint density at radius 1 is 0.562 bits per heavy atom. The Morgan fingerprint density at radius 3 is 1.47 bits per heavy atom. The first-order valence-corrected chi connectivity index (χ1v) is 13.6. The fourth-order valence-electron chi connectivity index (χ4n) is 3.62. The predicted molar refractivity (Wildman–Crippen MR) is 135 cm³/mol. The Morgan fingerprint density at radius 2 is 1.00 bits per heavy atom. The van der Waals surface area contributed by atoms with E-state index in [1.807, 2.05) is 6.92 Å². The van der Waals surface area contributed by atoms with Crippen molar-refractivity contribution in [1.82, 2.24) is 10.6 Å². The summed E-state index contributed by atoms with van der Waals surface area (Å²) in [7, 11) is 0. The van der Waals surface area contributed by atoms with Crippen LogP contribution in [0.25, 0.3) is 0 Å². The highest BCUT2D eigenvalue weighted by atomic mass is 16.5. The molecule has 0 aromatic carbocycles. The van der Waals surface area contributed by atoms with Crippen LogP contribution in [-0.2, 0) is 9.47 Å². The highest BCUT2D eigenvalue weighted by Crippen LogP contribution is 2.12. The Kier molecular flexibility index (Phi) is 26.8. The zero-order valence-corrected chi connectivity index (χ0v) is 21.4. The van der Waals surface area contributed by atoms with Gasteiger partial charge in [-0.1, -0.05) is 90.9 Å². The van der Waals surface area contributed by atoms with Crippen LogP contribution in [0.4, 0.5) is 0 Å². The first-order chi connectivity index (χ1) is 15.7. The summed E-state index contributed by atoms with van der Waals surface area (Å²) in [5.41, 5.74) is 0. The molecule has 0 aliphatic carbocycles. The number of unbranched alkanes of at least 4 members (excludes halogenated alkanes) is 11. The lowest BCUT2D eigenvalue weighted by atomic mass is 10.0. The molecule has 0 heterocycles. The quantitative estimate of drug-likeness (QED) is 0.136. The topological polar surface area (TPSA) is 83.0 Å². The van der Waals surface area contributed by atoms with Gasteiger partial charge in [-0.3, -0.25) is 0 Å². The average molecular weight is 461 g/mol. The largest absolute Gasteiger partial charge is 0.392 e. The maximum Gasteiger partial charge on any atom is 0.0701 e. The number of ether oxygens (including phenoxy) is 2. The number of nitrogens with one attached hydrogen (secondary N) is 2. The van der Waals surface area contributed by atoms with Gasteiger partial charge >= 0.3 is 0 Å². The molecule has 6 nitrogen and oxygen atoms in total. The molecule has 0 aromatic heterocycles. The third-order valence-corrected chi connectivity index (χ3v) is 5.84. The smallest absolute Gasteiger partial charge is 0.0701 e. The fraction of sp³-hybridized carbons (Fsp3) is 1.00. The predicted octanol–water partition coefficient (Wildman–Crippen LogP) is 4.42. The normalized spacial score (nSPS) is 13.5. The van der Waals surface area contributed by atoms with E-state index in [1.54, 1.807) is 0 Å². The summed E-state index contributed by atoms with van der Waals surface area (Å²) in [6.07, 6.45) is 17.3. The fourth-order valence-corrected chi connectivity index (χ4v) is 3.62. The van der Waals surface area contributed by atoms with Gasteiger partial charge in [-0.15, -0.1) is 0 Å². The van der Waals surface area contributed by atoms with E-state index in [0.29, 0.717) is 39.5 Å². The first-order valence-electron chi connectivity index (χ1n) is 13.6. The van der Waals surface area contributed by atoms with Crippen LogP contribution in [0.3, 0.4) is 0 Å². The number of hydrogen-bond donors (Lipinski definition) is 4. The highest BCUT2D eigenvalue weighted by Gasteiger charge is 2.03. The summed E-state index contributed by atoms with van der Waals surface area (Å²) < 4.78 is 11.0. The maximum atomic E-state index is 10.1. The third-order valence-electron chi connectivity index (χ3n) is 5.84. The van der Waals surface area contributed by atoms with E-state index in [2.05, 4.69) is 17.6 Å². The van der Waals surface area contributed by atoms with Crippen LogP contribution < -0.4 is 10.6 Å². The van der Waals surface area contributed by atoms with Crippen molar-refractivity contribution in [3.05, 3.63) is 0 Å². The molecule has 0 saturated heterocycles. The molecule has 0 fully saturated rings. The van der Waals surface area contributed by atoms with E-state index in [0.717, 1.165) is 32.4 Å². The zero-order valence-electron chi connectivity index (χ0n) is 21.4. The van der Waals surface area contributed by atoms with Crippen LogP contribution in [0.15, 0.2) is 0 Å². The standard InChI is InChI=1S/C26H56N2O4/c1-3-5-6-7-8-9-10-11-12-13-14-15-16-26(30)24-28-18-20-32-22-21-31-19-17-27-23-25(29)4-2/h25-30H,3-24H2,1-2H3. The van der Waals surface area contributed by atoms with Gasteiger partial charge in [0.25, 0.3) is 0 Å². The molecular weight excluding hydrogens is 404 g/mol. The van der Waals surface area contributed by atoms with Crippen LogP contribution in [-0.4, -0.2) is 75.0 Å². The lowest BCUT2D eigenvalue weighted by Crippen LogP contribution is -2.30. The average Bonchev–Trinajstić information content (AvgIpc) is 2.80. The van der Waals surface area contributed by atoms with Crippen molar-refractivity contribution in [2.45, 2.75) is 116 Å². The molecule has 4 N–H and O–H groups in total.